The number of carbonyl (C=O) groups is 4. The van der Waals surface area contributed by atoms with E-state index in [1.165, 1.54) is 0 Å². The molecule has 0 bridgehead atoms. The number of aromatic carboxylic acids is 1. The van der Waals surface area contributed by atoms with Gasteiger partial charge in [0.2, 0.25) is 6.29 Å². The predicted octanol–water partition coefficient (Wildman–Crippen LogP) is 8.30. The number of rotatable bonds is 11. The maximum Gasteiger partial charge on any atom is 0.410 e. The van der Waals surface area contributed by atoms with Gasteiger partial charge in [0, 0.05) is 47.9 Å². The number of esters is 1. The Bertz CT molecular complexity index is 2000. The van der Waals surface area contributed by atoms with Crippen molar-refractivity contribution < 1.29 is 53.1 Å². The van der Waals surface area contributed by atoms with Gasteiger partial charge in [-0.15, -0.1) is 0 Å². The van der Waals surface area contributed by atoms with Crippen molar-refractivity contribution in [2.45, 2.75) is 117 Å². The lowest BCUT2D eigenvalue weighted by Gasteiger charge is -2.41. The third-order valence-electron chi connectivity index (χ3n) is 10.8. The average molecular weight is 869 g/mol. The van der Waals surface area contributed by atoms with E-state index in [0.717, 1.165) is 25.7 Å². The van der Waals surface area contributed by atoms with Crippen molar-refractivity contribution in [3.8, 4) is 23.7 Å². The molecule has 2 N–H and O–H groups in total. The highest BCUT2D eigenvalue weighted by Gasteiger charge is 2.39. The lowest BCUT2D eigenvalue weighted by atomic mass is 9.94. The summed E-state index contributed by atoms with van der Waals surface area (Å²) in [6, 6.07) is 13.8. The summed E-state index contributed by atoms with van der Waals surface area (Å²) >= 11 is 0. The molecule has 63 heavy (non-hydrogen) atoms. The highest BCUT2D eigenvalue weighted by molar-refractivity contribution is 5.92. The smallest absolute Gasteiger partial charge is 0.410 e. The van der Waals surface area contributed by atoms with Crippen LogP contribution in [0.4, 0.5) is 9.59 Å². The summed E-state index contributed by atoms with van der Waals surface area (Å²) < 4.78 is 27.1. The summed E-state index contributed by atoms with van der Waals surface area (Å²) in [5.74, 6) is 12.1. The van der Waals surface area contributed by atoms with Crippen LogP contribution in [0.5, 0.6) is 0 Å². The summed E-state index contributed by atoms with van der Waals surface area (Å²) in [6.07, 6.45) is 6.52. The molecule has 0 unspecified atom stereocenters. The van der Waals surface area contributed by atoms with Crippen LogP contribution in [0, 0.1) is 47.4 Å². The number of aliphatic hydroxyl groups is 1. The quantitative estimate of drug-likeness (QED) is 0.0968. The average Bonchev–Trinajstić information content (AvgIpc) is 4.20. The molecule has 13 heteroatoms. The van der Waals surface area contributed by atoms with Gasteiger partial charge in [0.05, 0.1) is 36.4 Å². The SMILES string of the molecule is C=CCOC(=O)N(C(C)C)[C@H]1CO[C@H](O)C[C@H]1C.C=CCOC(=O)N(C(C)C)[C@H]1CO[C@H](OC(=O)c2ccccc2C#CC2CC2)C[C@H]1C.O=C(O)c1ccccc1C#CC1CC1. The van der Waals surface area contributed by atoms with Crippen LogP contribution >= 0.6 is 0 Å². The number of amides is 2. The summed E-state index contributed by atoms with van der Waals surface area (Å²) in [7, 11) is 0. The fourth-order valence-electron chi connectivity index (χ4n) is 7.02. The van der Waals surface area contributed by atoms with Crippen LogP contribution in [0.2, 0.25) is 0 Å². The zero-order chi connectivity index (χ0) is 46.1. The molecule has 2 saturated heterocycles. The van der Waals surface area contributed by atoms with E-state index in [9.17, 15) is 24.3 Å². The highest BCUT2D eigenvalue weighted by Crippen LogP contribution is 2.30. The first-order chi connectivity index (χ1) is 30.1. The Labute approximate surface area is 372 Å². The molecule has 4 aliphatic rings. The number of ether oxygens (including phenoxy) is 5. The molecule has 2 heterocycles. The Morgan fingerprint density at radius 3 is 1.60 bits per heavy atom. The fourth-order valence-corrected chi connectivity index (χ4v) is 7.02. The summed E-state index contributed by atoms with van der Waals surface area (Å²) in [6.45, 7) is 19.8. The van der Waals surface area contributed by atoms with E-state index in [0.29, 0.717) is 53.5 Å². The second-order valence-electron chi connectivity index (χ2n) is 16.7. The van der Waals surface area contributed by atoms with Crippen molar-refractivity contribution in [2.24, 2.45) is 23.7 Å². The normalized spacial score (nSPS) is 22.4. The highest BCUT2D eigenvalue weighted by atomic mass is 16.7. The number of benzene rings is 2. The van der Waals surface area contributed by atoms with Crippen LogP contribution in [0.1, 0.15) is 112 Å². The Morgan fingerprint density at radius 2 is 1.17 bits per heavy atom. The second kappa shape index (κ2) is 24.9. The topological polar surface area (TPSA) is 161 Å². The number of hydrogen-bond donors (Lipinski definition) is 2. The second-order valence-corrected chi connectivity index (χ2v) is 16.7. The van der Waals surface area contributed by atoms with Crippen LogP contribution in [0.25, 0.3) is 0 Å². The van der Waals surface area contributed by atoms with Gasteiger partial charge in [0.15, 0.2) is 6.29 Å². The molecule has 4 fully saturated rings. The molecule has 340 valence electrons. The molecule has 2 aliphatic heterocycles. The lowest BCUT2D eigenvalue weighted by molar-refractivity contribution is -0.165. The van der Waals surface area contributed by atoms with Crippen molar-refractivity contribution in [2.75, 3.05) is 26.4 Å². The Balaban J connectivity index is 0.000000229. The van der Waals surface area contributed by atoms with Crippen LogP contribution in [0.15, 0.2) is 73.8 Å². The van der Waals surface area contributed by atoms with Gasteiger partial charge >= 0.3 is 24.1 Å². The summed E-state index contributed by atoms with van der Waals surface area (Å²) in [4.78, 5) is 51.5. The first-order valence-corrected chi connectivity index (χ1v) is 21.8. The largest absolute Gasteiger partial charge is 0.478 e. The predicted molar refractivity (Wildman–Crippen MR) is 238 cm³/mol. The van der Waals surface area contributed by atoms with Crippen LogP contribution in [0.3, 0.4) is 0 Å². The maximum absolute atomic E-state index is 12.8. The van der Waals surface area contributed by atoms with E-state index >= 15 is 0 Å². The molecule has 2 aromatic carbocycles. The van der Waals surface area contributed by atoms with E-state index in [1.807, 2.05) is 59.7 Å². The first-order valence-electron chi connectivity index (χ1n) is 21.8. The Kier molecular flexibility index (Phi) is 19.8. The molecule has 6 rings (SSSR count). The molecule has 2 aliphatic carbocycles. The van der Waals surface area contributed by atoms with Gasteiger partial charge in [-0.2, -0.15) is 0 Å². The molecule has 2 saturated carbocycles. The van der Waals surface area contributed by atoms with Gasteiger partial charge in [0.25, 0.3) is 0 Å². The van der Waals surface area contributed by atoms with E-state index in [2.05, 4.69) is 36.8 Å². The van der Waals surface area contributed by atoms with Crippen LogP contribution in [-0.4, -0.2) is 107 Å². The zero-order valence-electron chi connectivity index (χ0n) is 37.5. The van der Waals surface area contributed by atoms with E-state index in [4.69, 9.17) is 28.8 Å². The zero-order valence-corrected chi connectivity index (χ0v) is 37.5. The summed E-state index contributed by atoms with van der Waals surface area (Å²) in [5.41, 5.74) is 2.04. The van der Waals surface area contributed by atoms with Crippen molar-refractivity contribution in [3.63, 3.8) is 0 Å². The van der Waals surface area contributed by atoms with Crippen molar-refractivity contribution in [1.29, 1.82) is 0 Å². The van der Waals surface area contributed by atoms with E-state index in [-0.39, 0.29) is 61.9 Å². The molecular weight excluding hydrogens is 805 g/mol. The Hall–Kier alpha value is -5.60. The van der Waals surface area contributed by atoms with Crippen molar-refractivity contribution in [1.82, 2.24) is 9.80 Å². The minimum atomic E-state index is -0.911. The molecule has 2 aromatic rings. The first kappa shape index (κ1) is 50.0. The van der Waals surface area contributed by atoms with Gasteiger partial charge in [-0.05, 0) is 89.5 Å². The lowest BCUT2D eigenvalue weighted by Crippen LogP contribution is -2.54. The molecule has 6 atom stereocenters. The number of carbonyl (C=O) groups excluding carboxylic acids is 3. The van der Waals surface area contributed by atoms with E-state index < -0.39 is 30.6 Å². The van der Waals surface area contributed by atoms with Gasteiger partial charge in [-0.25, -0.2) is 19.2 Å². The van der Waals surface area contributed by atoms with E-state index in [1.54, 1.807) is 52.3 Å². The van der Waals surface area contributed by atoms with Crippen molar-refractivity contribution >= 4 is 24.1 Å². The van der Waals surface area contributed by atoms with Gasteiger partial charge in [-0.1, -0.05) is 87.1 Å². The third-order valence-corrected chi connectivity index (χ3v) is 10.8. The minimum absolute atomic E-state index is 0.0219. The Morgan fingerprint density at radius 1 is 0.730 bits per heavy atom. The van der Waals surface area contributed by atoms with Crippen LogP contribution in [-0.2, 0) is 23.7 Å². The maximum atomic E-state index is 12.8. The number of hydrogen-bond acceptors (Lipinski definition) is 10. The fraction of sp³-hybridized carbons (Fsp3) is 0.520. The van der Waals surface area contributed by atoms with Gasteiger partial charge in [-0.3, -0.25) is 0 Å². The molecule has 2 amide bonds. The van der Waals surface area contributed by atoms with Crippen molar-refractivity contribution in [3.05, 3.63) is 96.1 Å². The van der Waals surface area contributed by atoms with Crippen LogP contribution < -0.4 is 0 Å². The standard InChI is InChI=1S/C25H31NO5.C13H23NO4.C12H10O2/c1-5-14-29-25(28)26(17(2)3)22-16-30-23(15-18(22)4)31-24(27)21-9-7-6-8-20(21)13-12-19-10-11-19;1-5-6-17-13(16)14(9(2)3)11-8-18-12(15)7-10(11)4;13-12(14)11-4-2-1-3-10(11)8-7-9-5-6-9/h5-9,17-19,22-23H,1,10-11,14-16H2,2-4H3;5,9-12,15H,1,6-8H2,2-4H3;1-4,9H,5-6H2,(H,13,14)/t18-,22+,23-;10-,11+,12+;/m11./s1. The third kappa shape index (κ3) is 15.9. The van der Waals surface area contributed by atoms with Gasteiger partial charge in [0.1, 0.15) is 13.2 Å². The molecule has 13 nitrogen and oxygen atoms in total. The monoisotopic (exact) mass is 868 g/mol. The molecular formula is C50H64N2O11. The molecule has 0 radical (unpaired) electrons. The minimum Gasteiger partial charge on any atom is -0.478 e. The number of nitrogens with zero attached hydrogens (tertiary/aromatic N) is 2. The number of carboxylic acid groups (broad SMARTS) is 1. The molecule has 0 spiro atoms. The number of carboxylic acids is 1. The summed E-state index contributed by atoms with van der Waals surface area (Å²) in [5, 5.41) is 18.3. The number of aliphatic hydroxyl groups excluding tert-OH is 1. The van der Waals surface area contributed by atoms with Gasteiger partial charge < -0.3 is 43.7 Å². The molecule has 0 aromatic heterocycles.